The Morgan fingerprint density at radius 3 is 2.19 bits per heavy atom. The van der Waals surface area contributed by atoms with Crippen LogP contribution in [0.3, 0.4) is 0 Å². The summed E-state index contributed by atoms with van der Waals surface area (Å²) in [6, 6.07) is 6.81. The molecule has 1 aromatic carbocycles. The van der Waals surface area contributed by atoms with Gasteiger partial charge in [0.05, 0.1) is 11.1 Å². The van der Waals surface area contributed by atoms with Crippen LogP contribution >= 0.6 is 11.6 Å². The lowest BCUT2D eigenvalue weighted by molar-refractivity contribution is 0.0672. The van der Waals surface area contributed by atoms with E-state index in [0.717, 1.165) is 0 Å². The monoisotopic (exact) mass is 235 g/mol. The van der Waals surface area contributed by atoms with Crippen molar-refractivity contribution in [2.75, 3.05) is 6.54 Å². The summed E-state index contributed by atoms with van der Waals surface area (Å²) in [5.74, 6) is -0.510. The van der Waals surface area contributed by atoms with Crippen molar-refractivity contribution < 1.29 is 9.59 Å². The van der Waals surface area contributed by atoms with Crippen molar-refractivity contribution in [3.05, 3.63) is 46.5 Å². The highest BCUT2D eigenvalue weighted by atomic mass is 35.5. The molecule has 82 valence electrons. The van der Waals surface area contributed by atoms with Crippen LogP contribution in [0.15, 0.2) is 35.4 Å². The molecule has 0 unspecified atom stereocenters. The molecule has 0 aliphatic carbocycles. The van der Waals surface area contributed by atoms with Gasteiger partial charge in [0, 0.05) is 11.6 Å². The number of hydrogen-bond donors (Lipinski definition) is 0. The van der Waals surface area contributed by atoms with E-state index in [2.05, 4.69) is 0 Å². The topological polar surface area (TPSA) is 37.4 Å². The lowest BCUT2D eigenvalue weighted by atomic mass is 10.1. The van der Waals surface area contributed by atoms with Crippen molar-refractivity contribution in [3.8, 4) is 0 Å². The third kappa shape index (κ3) is 1.74. The number of halogens is 1. The minimum atomic E-state index is -0.255. The number of amides is 2. The van der Waals surface area contributed by atoms with Gasteiger partial charge in [-0.15, -0.1) is 0 Å². The van der Waals surface area contributed by atoms with E-state index in [1.54, 1.807) is 37.3 Å². The molecule has 4 heteroatoms. The second-order valence-corrected chi connectivity index (χ2v) is 4.15. The number of rotatable bonds is 2. The van der Waals surface area contributed by atoms with Crippen LogP contribution in [0.1, 0.15) is 27.6 Å². The summed E-state index contributed by atoms with van der Waals surface area (Å²) in [7, 11) is 0. The van der Waals surface area contributed by atoms with Gasteiger partial charge < -0.3 is 0 Å². The highest BCUT2D eigenvalue weighted by Crippen LogP contribution is 2.22. The smallest absolute Gasteiger partial charge is 0.261 e. The van der Waals surface area contributed by atoms with Gasteiger partial charge in [0.25, 0.3) is 11.8 Å². The Kier molecular flexibility index (Phi) is 2.79. The summed E-state index contributed by atoms with van der Waals surface area (Å²) in [6.07, 6.45) is 1.64. The molecule has 1 heterocycles. The van der Waals surface area contributed by atoms with Crippen LogP contribution in [0.25, 0.3) is 0 Å². The molecular weight excluding hydrogens is 226 g/mol. The van der Waals surface area contributed by atoms with Gasteiger partial charge in [-0.3, -0.25) is 14.5 Å². The fraction of sp³-hybridized carbons (Fsp3) is 0.167. The average Bonchev–Trinajstić information content (AvgIpc) is 2.50. The Balaban J connectivity index is 2.32. The van der Waals surface area contributed by atoms with Crippen molar-refractivity contribution in [1.82, 2.24) is 4.90 Å². The van der Waals surface area contributed by atoms with E-state index < -0.39 is 0 Å². The van der Waals surface area contributed by atoms with Crippen LogP contribution in [0.4, 0.5) is 0 Å². The predicted octanol–water partition coefficient (Wildman–Crippen LogP) is 2.43. The Morgan fingerprint density at radius 1 is 1.25 bits per heavy atom. The zero-order chi connectivity index (χ0) is 11.7. The van der Waals surface area contributed by atoms with Crippen LogP contribution in [-0.2, 0) is 0 Å². The number of hydrogen-bond acceptors (Lipinski definition) is 2. The molecule has 3 nitrogen and oxygen atoms in total. The lowest BCUT2D eigenvalue weighted by Crippen LogP contribution is -2.29. The molecule has 0 atom stereocenters. The maximum atomic E-state index is 11.9. The Labute approximate surface area is 98.3 Å². The zero-order valence-electron chi connectivity index (χ0n) is 8.74. The first-order chi connectivity index (χ1) is 7.61. The van der Waals surface area contributed by atoms with E-state index in [1.165, 1.54) is 4.90 Å². The molecule has 16 heavy (non-hydrogen) atoms. The van der Waals surface area contributed by atoms with Crippen molar-refractivity contribution in [3.63, 3.8) is 0 Å². The number of carbonyl (C=O) groups is 2. The van der Waals surface area contributed by atoms with Gasteiger partial charge in [0.1, 0.15) is 0 Å². The first-order valence-electron chi connectivity index (χ1n) is 4.88. The van der Waals surface area contributed by atoms with Crippen LogP contribution in [0, 0.1) is 0 Å². The molecule has 0 spiro atoms. The summed E-state index contributed by atoms with van der Waals surface area (Å²) in [4.78, 5) is 24.9. The minimum Gasteiger partial charge on any atom is -0.270 e. The summed E-state index contributed by atoms with van der Waals surface area (Å²) >= 11 is 5.67. The Hall–Kier alpha value is -1.61. The van der Waals surface area contributed by atoms with Gasteiger partial charge in [-0.25, -0.2) is 0 Å². The minimum absolute atomic E-state index is 0.224. The number of nitrogens with zero attached hydrogens (tertiary/aromatic N) is 1. The molecule has 0 radical (unpaired) electrons. The number of fused-ring (bicyclic) bond motifs is 1. The molecule has 0 saturated heterocycles. The maximum absolute atomic E-state index is 11.9. The average molecular weight is 236 g/mol. The second-order valence-electron chi connectivity index (χ2n) is 3.56. The van der Waals surface area contributed by atoms with Crippen LogP contribution in [-0.4, -0.2) is 23.3 Å². The van der Waals surface area contributed by atoms with Crippen LogP contribution in [0.5, 0.6) is 0 Å². The first kappa shape index (κ1) is 10.9. The van der Waals surface area contributed by atoms with E-state index in [4.69, 9.17) is 11.6 Å². The molecule has 2 rings (SSSR count). The Bertz CT molecular complexity index is 455. The van der Waals surface area contributed by atoms with Gasteiger partial charge in [-0.1, -0.05) is 29.8 Å². The van der Waals surface area contributed by atoms with E-state index in [1.807, 2.05) is 0 Å². The molecule has 2 amide bonds. The molecule has 1 aliphatic heterocycles. The molecule has 0 bridgehead atoms. The molecular formula is C12H10ClNO2. The maximum Gasteiger partial charge on any atom is 0.261 e. The van der Waals surface area contributed by atoms with Crippen LogP contribution in [0.2, 0.25) is 0 Å². The molecule has 0 aromatic heterocycles. The van der Waals surface area contributed by atoms with E-state index >= 15 is 0 Å². The summed E-state index contributed by atoms with van der Waals surface area (Å²) < 4.78 is 0. The van der Waals surface area contributed by atoms with E-state index in [0.29, 0.717) is 16.2 Å². The van der Waals surface area contributed by atoms with Gasteiger partial charge in [0.15, 0.2) is 0 Å². The largest absolute Gasteiger partial charge is 0.270 e. The standard InChI is InChI=1S/C12H10ClNO2/c1-8(13)6-7-14-11(15)9-4-2-3-5-10(9)12(14)16/h2-6H,7H2,1H3/b8-6+. The fourth-order valence-corrected chi connectivity index (χ4v) is 1.69. The van der Waals surface area contributed by atoms with E-state index in [-0.39, 0.29) is 18.4 Å². The third-order valence-electron chi connectivity index (χ3n) is 2.43. The summed E-state index contributed by atoms with van der Waals surface area (Å²) in [5, 5.41) is 0.566. The normalized spacial score (nSPS) is 15.6. The van der Waals surface area contributed by atoms with Gasteiger partial charge >= 0.3 is 0 Å². The number of carbonyl (C=O) groups excluding carboxylic acids is 2. The number of allylic oxidation sites excluding steroid dienone is 1. The summed E-state index contributed by atoms with van der Waals surface area (Å²) in [6.45, 7) is 1.93. The third-order valence-corrected chi connectivity index (χ3v) is 2.59. The predicted molar refractivity (Wildman–Crippen MR) is 61.4 cm³/mol. The van der Waals surface area contributed by atoms with Gasteiger partial charge in [0.2, 0.25) is 0 Å². The first-order valence-corrected chi connectivity index (χ1v) is 5.26. The quantitative estimate of drug-likeness (QED) is 0.739. The number of imide groups is 1. The van der Waals surface area contributed by atoms with Gasteiger partial charge in [-0.2, -0.15) is 0 Å². The highest BCUT2D eigenvalue weighted by Gasteiger charge is 2.34. The van der Waals surface area contributed by atoms with Crippen molar-refractivity contribution in [2.45, 2.75) is 6.92 Å². The fourth-order valence-electron chi connectivity index (χ4n) is 1.62. The van der Waals surface area contributed by atoms with Crippen molar-refractivity contribution >= 4 is 23.4 Å². The van der Waals surface area contributed by atoms with Crippen molar-refractivity contribution in [1.29, 1.82) is 0 Å². The summed E-state index contributed by atoms with van der Waals surface area (Å²) in [5.41, 5.74) is 0.932. The second kappa shape index (κ2) is 4.10. The lowest BCUT2D eigenvalue weighted by Gasteiger charge is -2.10. The molecule has 1 aromatic rings. The van der Waals surface area contributed by atoms with Crippen LogP contribution < -0.4 is 0 Å². The zero-order valence-corrected chi connectivity index (χ0v) is 9.49. The molecule has 1 aliphatic rings. The van der Waals surface area contributed by atoms with E-state index in [9.17, 15) is 9.59 Å². The molecule has 0 fully saturated rings. The van der Waals surface area contributed by atoms with Gasteiger partial charge in [-0.05, 0) is 19.1 Å². The number of benzene rings is 1. The SMILES string of the molecule is C/C(Cl)=C\CN1C(=O)c2ccccc2C1=O. The molecule has 0 saturated carbocycles. The molecule has 0 N–H and O–H groups in total. The highest BCUT2D eigenvalue weighted by molar-refractivity contribution is 6.29. The Morgan fingerprint density at radius 2 is 1.75 bits per heavy atom. The van der Waals surface area contributed by atoms with Crippen molar-refractivity contribution in [2.24, 2.45) is 0 Å².